The Bertz CT molecular complexity index is 3570. The van der Waals surface area contributed by atoms with Gasteiger partial charge in [0.2, 0.25) is 0 Å². The van der Waals surface area contributed by atoms with Gasteiger partial charge >= 0.3 is 0 Å². The largest absolute Gasteiger partial charge is 0.310 e. The number of fused-ring (bicyclic) bond motifs is 4. The van der Waals surface area contributed by atoms with E-state index < -0.39 is 5.41 Å². The third kappa shape index (κ3) is 7.17. The molecular formula is C69H53N. The Hall–Kier alpha value is -8.52. The smallest absolute Gasteiger partial charge is 0.0714 e. The lowest BCUT2D eigenvalue weighted by molar-refractivity contribution is 0.768. The van der Waals surface area contributed by atoms with Gasteiger partial charge in [0.1, 0.15) is 0 Å². The fraction of sp³-hybridized carbons (Fsp3) is 0.0725. The van der Waals surface area contributed by atoms with Crippen molar-refractivity contribution in [3.63, 3.8) is 0 Å². The first-order valence-electron chi connectivity index (χ1n) is 24.6. The number of nitrogens with zero attached hydrogens (tertiary/aromatic N) is 1. The molecule has 334 valence electrons. The summed E-state index contributed by atoms with van der Waals surface area (Å²) in [6.07, 6.45) is 0. The van der Waals surface area contributed by atoms with Gasteiger partial charge in [-0.25, -0.2) is 0 Å². The maximum absolute atomic E-state index is 2.53. The quantitative estimate of drug-likeness (QED) is 0.132. The molecular weight excluding hydrogens is 843 g/mol. The summed E-state index contributed by atoms with van der Waals surface area (Å²) in [6, 6.07) is 96.8. The monoisotopic (exact) mass is 895 g/mol. The maximum Gasteiger partial charge on any atom is 0.0714 e. The van der Waals surface area contributed by atoms with Gasteiger partial charge in [0.25, 0.3) is 0 Å². The summed E-state index contributed by atoms with van der Waals surface area (Å²) in [7, 11) is 0. The molecule has 0 saturated heterocycles. The van der Waals surface area contributed by atoms with Crippen molar-refractivity contribution in [2.24, 2.45) is 0 Å². The van der Waals surface area contributed by atoms with Crippen LogP contribution in [0.2, 0.25) is 0 Å². The van der Waals surface area contributed by atoms with Crippen LogP contribution in [0.4, 0.5) is 17.1 Å². The van der Waals surface area contributed by atoms with E-state index in [1.165, 1.54) is 94.2 Å². The van der Waals surface area contributed by atoms with Gasteiger partial charge < -0.3 is 4.90 Å². The molecule has 0 aliphatic heterocycles. The van der Waals surface area contributed by atoms with Crippen LogP contribution in [-0.2, 0) is 5.41 Å². The predicted molar refractivity (Wildman–Crippen MR) is 297 cm³/mol. The van der Waals surface area contributed by atoms with Crippen molar-refractivity contribution in [3.05, 3.63) is 294 Å². The van der Waals surface area contributed by atoms with Crippen molar-refractivity contribution in [3.8, 4) is 55.6 Å². The highest BCUT2D eigenvalue weighted by Gasteiger charge is 2.47. The number of aryl methyl sites for hydroxylation is 1. The van der Waals surface area contributed by atoms with Crippen molar-refractivity contribution in [1.29, 1.82) is 0 Å². The summed E-state index contributed by atoms with van der Waals surface area (Å²) in [5.41, 5.74) is 22.7. The van der Waals surface area contributed by atoms with E-state index in [0.717, 1.165) is 22.6 Å². The van der Waals surface area contributed by atoms with E-state index in [4.69, 9.17) is 0 Å². The molecule has 1 aliphatic rings. The molecule has 11 aromatic carbocycles. The molecule has 0 spiro atoms. The topological polar surface area (TPSA) is 3.24 Å². The zero-order chi connectivity index (χ0) is 47.2. The first-order chi connectivity index (χ1) is 34.5. The lowest BCUT2D eigenvalue weighted by Crippen LogP contribution is -2.28. The summed E-state index contributed by atoms with van der Waals surface area (Å²) in [6.45, 7) is 6.88. The van der Waals surface area contributed by atoms with Crippen LogP contribution in [0.5, 0.6) is 0 Å². The zero-order valence-electron chi connectivity index (χ0n) is 39.9. The van der Waals surface area contributed by atoms with E-state index in [1.54, 1.807) is 0 Å². The molecule has 0 atom stereocenters. The van der Waals surface area contributed by atoms with Crippen LogP contribution in [0.3, 0.4) is 0 Å². The highest BCUT2D eigenvalue weighted by Crippen LogP contribution is 2.58. The van der Waals surface area contributed by atoms with Gasteiger partial charge in [0, 0.05) is 16.9 Å². The molecule has 0 saturated carbocycles. The second-order valence-corrected chi connectivity index (χ2v) is 19.0. The molecule has 1 nitrogen and oxygen atoms in total. The first kappa shape index (κ1) is 42.8. The Balaban J connectivity index is 1.14. The molecule has 0 N–H and O–H groups in total. The number of hydrogen-bond acceptors (Lipinski definition) is 1. The molecule has 0 fully saturated rings. The standard InChI is InChI=1S/C69H53N/c1-47(2)58-33-18-19-34-61(58)63-44-52-27-16-17-28-53(52)45-66(63)70(56-40-38-51(39-41-56)68-59(49-23-8-4-9-24-49)35-21-36-60(68)50-25-10-5-11-26-50)57-42-43-62-65(46-57)69(54-29-12-6-13-30-54,55-31-14-7-15-32-55)64-37-20-22-48(3)67(62)64/h4-47H,1-3H3. The van der Waals surface area contributed by atoms with Crippen LogP contribution in [0, 0.1) is 6.92 Å². The van der Waals surface area contributed by atoms with Crippen LogP contribution in [0.15, 0.2) is 261 Å². The van der Waals surface area contributed by atoms with E-state index in [2.05, 4.69) is 287 Å². The number of anilines is 3. The second-order valence-electron chi connectivity index (χ2n) is 19.0. The Morgan fingerprint density at radius 2 is 0.857 bits per heavy atom. The van der Waals surface area contributed by atoms with Gasteiger partial charge in [0.05, 0.1) is 11.1 Å². The Kier molecular flexibility index (Phi) is 10.9. The summed E-state index contributed by atoms with van der Waals surface area (Å²) < 4.78 is 0. The number of hydrogen-bond donors (Lipinski definition) is 0. The maximum atomic E-state index is 2.53. The van der Waals surface area contributed by atoms with Crippen molar-refractivity contribution in [1.82, 2.24) is 0 Å². The van der Waals surface area contributed by atoms with Crippen LogP contribution < -0.4 is 4.90 Å². The predicted octanol–water partition coefficient (Wildman–Crippen LogP) is 18.8. The van der Waals surface area contributed by atoms with E-state index in [1.807, 2.05) is 0 Å². The van der Waals surface area contributed by atoms with Gasteiger partial charge in [-0.3, -0.25) is 0 Å². The fourth-order valence-electron chi connectivity index (χ4n) is 11.5. The van der Waals surface area contributed by atoms with Gasteiger partial charge in [-0.2, -0.15) is 0 Å². The van der Waals surface area contributed by atoms with E-state index in [0.29, 0.717) is 5.92 Å². The molecule has 0 unspecified atom stereocenters. The summed E-state index contributed by atoms with van der Waals surface area (Å²) >= 11 is 0. The normalized spacial score (nSPS) is 12.5. The SMILES string of the molecule is Cc1cccc2c1-c1ccc(N(c3ccc(-c4c(-c5ccccc5)cccc4-c4ccccc4)cc3)c3cc4ccccc4cc3-c3ccccc3C(C)C)cc1C2(c1ccccc1)c1ccccc1. The molecule has 0 amide bonds. The molecule has 0 radical (unpaired) electrons. The summed E-state index contributed by atoms with van der Waals surface area (Å²) in [4.78, 5) is 2.53. The van der Waals surface area contributed by atoms with Crippen molar-refractivity contribution in [2.75, 3.05) is 4.90 Å². The second kappa shape index (κ2) is 17.9. The van der Waals surface area contributed by atoms with E-state index >= 15 is 0 Å². The van der Waals surface area contributed by atoms with E-state index in [9.17, 15) is 0 Å². The minimum Gasteiger partial charge on any atom is -0.310 e. The van der Waals surface area contributed by atoms with Crippen molar-refractivity contribution in [2.45, 2.75) is 32.1 Å². The number of rotatable bonds is 10. The highest BCUT2D eigenvalue weighted by atomic mass is 15.1. The van der Waals surface area contributed by atoms with E-state index in [-0.39, 0.29) is 0 Å². The molecule has 11 aromatic rings. The minimum absolute atomic E-state index is 0.325. The Morgan fingerprint density at radius 3 is 1.47 bits per heavy atom. The van der Waals surface area contributed by atoms with Gasteiger partial charge in [0.15, 0.2) is 0 Å². The number of benzene rings is 11. The van der Waals surface area contributed by atoms with Gasteiger partial charge in [-0.1, -0.05) is 238 Å². The summed E-state index contributed by atoms with van der Waals surface area (Å²) in [5, 5.41) is 2.41. The molecule has 1 heteroatoms. The van der Waals surface area contributed by atoms with Crippen LogP contribution in [0.1, 0.15) is 53.1 Å². The third-order valence-electron chi connectivity index (χ3n) is 14.7. The Labute approximate surface area is 412 Å². The minimum atomic E-state index is -0.559. The first-order valence-corrected chi connectivity index (χ1v) is 24.6. The summed E-state index contributed by atoms with van der Waals surface area (Å²) in [5.74, 6) is 0.325. The average Bonchev–Trinajstić information content (AvgIpc) is 3.73. The molecule has 70 heavy (non-hydrogen) atoms. The highest BCUT2D eigenvalue weighted by molar-refractivity contribution is 6.01. The lowest BCUT2D eigenvalue weighted by atomic mass is 9.67. The van der Waals surface area contributed by atoms with Crippen LogP contribution >= 0.6 is 0 Å². The molecule has 0 bridgehead atoms. The average molecular weight is 896 g/mol. The molecule has 1 aliphatic carbocycles. The molecule has 0 heterocycles. The van der Waals surface area contributed by atoms with Crippen LogP contribution in [-0.4, -0.2) is 0 Å². The van der Waals surface area contributed by atoms with Crippen molar-refractivity contribution >= 4 is 27.8 Å². The van der Waals surface area contributed by atoms with Crippen LogP contribution in [0.25, 0.3) is 66.4 Å². The van der Waals surface area contributed by atoms with Crippen molar-refractivity contribution < 1.29 is 0 Å². The van der Waals surface area contributed by atoms with Gasteiger partial charge in [-0.05, 0) is 143 Å². The fourth-order valence-corrected chi connectivity index (χ4v) is 11.5. The molecule has 12 rings (SSSR count). The zero-order valence-corrected chi connectivity index (χ0v) is 39.9. The third-order valence-corrected chi connectivity index (χ3v) is 14.7. The Morgan fingerprint density at radius 1 is 0.343 bits per heavy atom. The van der Waals surface area contributed by atoms with Gasteiger partial charge in [-0.15, -0.1) is 0 Å². The molecule has 0 aromatic heterocycles. The lowest BCUT2D eigenvalue weighted by Gasteiger charge is -2.35.